The van der Waals surface area contributed by atoms with E-state index in [-0.39, 0.29) is 23.6 Å². The monoisotopic (exact) mass is 330 g/mol. The number of anilines is 1. The Kier molecular flexibility index (Phi) is 5.28. The van der Waals surface area contributed by atoms with Gasteiger partial charge in [-0.2, -0.15) is 0 Å². The van der Waals surface area contributed by atoms with Gasteiger partial charge in [0.2, 0.25) is 5.91 Å². The molecule has 128 valence electrons. The molecule has 0 saturated carbocycles. The van der Waals surface area contributed by atoms with E-state index in [0.717, 1.165) is 5.56 Å². The van der Waals surface area contributed by atoms with Crippen molar-refractivity contribution < 1.29 is 18.7 Å². The predicted octanol–water partition coefficient (Wildman–Crippen LogP) is 2.95. The number of carbonyl (C=O) groups is 2. The van der Waals surface area contributed by atoms with Gasteiger partial charge in [0.05, 0.1) is 25.6 Å². The second-order valence-electron chi connectivity index (χ2n) is 6.37. The minimum Gasteiger partial charge on any atom is -0.495 e. The third-order valence-electron chi connectivity index (χ3n) is 3.49. The first-order chi connectivity index (χ1) is 11.3. The third kappa shape index (κ3) is 4.38. The molecule has 0 unspecified atom stereocenters. The summed E-state index contributed by atoms with van der Waals surface area (Å²) in [5, 5.41) is 5.27. The average molecular weight is 330 g/mol. The first-order valence-electron chi connectivity index (χ1n) is 7.61. The van der Waals surface area contributed by atoms with Gasteiger partial charge < -0.3 is 19.8 Å². The van der Waals surface area contributed by atoms with Crippen molar-refractivity contribution in [1.82, 2.24) is 5.32 Å². The molecule has 6 heteroatoms. The van der Waals surface area contributed by atoms with Gasteiger partial charge in [0.1, 0.15) is 5.75 Å². The number of carbonyl (C=O) groups excluding carboxylic acids is 2. The molecule has 0 aliphatic carbocycles. The molecule has 1 aromatic carbocycles. The van der Waals surface area contributed by atoms with Crippen molar-refractivity contribution in [3.05, 3.63) is 47.9 Å². The minimum atomic E-state index is -0.439. The molecule has 0 bridgehead atoms. The number of benzene rings is 1. The fourth-order valence-corrected chi connectivity index (χ4v) is 2.12. The van der Waals surface area contributed by atoms with Crippen LogP contribution in [0.2, 0.25) is 0 Å². The Morgan fingerprint density at radius 2 is 1.96 bits per heavy atom. The van der Waals surface area contributed by atoms with Crippen LogP contribution >= 0.6 is 0 Å². The summed E-state index contributed by atoms with van der Waals surface area (Å²) >= 11 is 0. The molecule has 0 aliphatic heterocycles. The number of nitrogens with one attached hydrogen (secondary N) is 2. The quantitative estimate of drug-likeness (QED) is 0.883. The molecule has 2 aromatic rings. The van der Waals surface area contributed by atoms with Gasteiger partial charge in [0.25, 0.3) is 5.91 Å². The summed E-state index contributed by atoms with van der Waals surface area (Å²) in [5.74, 6) is -0.0614. The number of amides is 2. The first kappa shape index (κ1) is 17.6. The Balaban J connectivity index is 2.03. The van der Waals surface area contributed by atoms with Crippen LogP contribution in [0.5, 0.6) is 5.75 Å². The number of ether oxygens (including phenoxy) is 1. The maximum Gasteiger partial charge on any atom is 0.287 e. The van der Waals surface area contributed by atoms with Crippen LogP contribution in [0.15, 0.2) is 41.0 Å². The average Bonchev–Trinajstić information content (AvgIpc) is 3.06. The maximum absolute atomic E-state index is 12.1. The lowest BCUT2D eigenvalue weighted by Crippen LogP contribution is -2.32. The SMILES string of the molecule is COc1ccc(C(C)(C)C)cc1NC(=O)CNC(=O)c1ccco1. The van der Waals surface area contributed by atoms with E-state index in [1.807, 2.05) is 18.2 Å². The minimum absolute atomic E-state index is 0.0563. The molecule has 2 amide bonds. The fourth-order valence-electron chi connectivity index (χ4n) is 2.12. The van der Waals surface area contributed by atoms with Gasteiger partial charge in [-0.3, -0.25) is 9.59 Å². The molecule has 0 fully saturated rings. The van der Waals surface area contributed by atoms with Crippen molar-refractivity contribution in [2.24, 2.45) is 0 Å². The van der Waals surface area contributed by atoms with Crippen molar-refractivity contribution in [2.45, 2.75) is 26.2 Å². The molecule has 0 saturated heterocycles. The number of hydrogen-bond acceptors (Lipinski definition) is 4. The summed E-state index contributed by atoms with van der Waals surface area (Å²) < 4.78 is 10.3. The Hall–Kier alpha value is -2.76. The van der Waals surface area contributed by atoms with Gasteiger partial charge in [0.15, 0.2) is 5.76 Å². The summed E-state index contributed by atoms with van der Waals surface area (Å²) in [6.45, 7) is 6.10. The van der Waals surface area contributed by atoms with Gasteiger partial charge in [-0.05, 0) is 35.2 Å². The highest BCUT2D eigenvalue weighted by Gasteiger charge is 2.17. The largest absolute Gasteiger partial charge is 0.495 e. The highest BCUT2D eigenvalue weighted by molar-refractivity contribution is 5.98. The number of hydrogen-bond donors (Lipinski definition) is 2. The zero-order valence-electron chi connectivity index (χ0n) is 14.3. The van der Waals surface area contributed by atoms with Crippen LogP contribution in [-0.2, 0) is 10.2 Å². The van der Waals surface area contributed by atoms with E-state index >= 15 is 0 Å². The summed E-state index contributed by atoms with van der Waals surface area (Å²) in [7, 11) is 1.54. The van der Waals surface area contributed by atoms with E-state index in [1.165, 1.54) is 12.3 Å². The van der Waals surface area contributed by atoms with Crippen LogP contribution in [0.4, 0.5) is 5.69 Å². The van der Waals surface area contributed by atoms with Crippen molar-refractivity contribution in [2.75, 3.05) is 19.0 Å². The Morgan fingerprint density at radius 3 is 2.54 bits per heavy atom. The van der Waals surface area contributed by atoms with Crippen molar-refractivity contribution in [1.29, 1.82) is 0 Å². The van der Waals surface area contributed by atoms with E-state index in [1.54, 1.807) is 13.2 Å². The molecular weight excluding hydrogens is 308 g/mol. The standard InChI is InChI=1S/C18H22N2O4/c1-18(2,3)12-7-8-14(23-4)13(10-12)20-16(21)11-19-17(22)15-6-5-9-24-15/h5-10H,11H2,1-4H3,(H,19,22)(H,20,21). The van der Waals surface area contributed by atoms with Crippen LogP contribution in [0.25, 0.3) is 0 Å². The number of rotatable bonds is 5. The van der Waals surface area contributed by atoms with Crippen LogP contribution in [-0.4, -0.2) is 25.5 Å². The van der Waals surface area contributed by atoms with Gasteiger partial charge >= 0.3 is 0 Å². The molecule has 2 N–H and O–H groups in total. The highest BCUT2D eigenvalue weighted by atomic mass is 16.5. The molecule has 0 aliphatic rings. The molecule has 1 aromatic heterocycles. The van der Waals surface area contributed by atoms with Gasteiger partial charge in [-0.25, -0.2) is 0 Å². The van der Waals surface area contributed by atoms with E-state index in [2.05, 4.69) is 31.4 Å². The molecule has 0 spiro atoms. The van der Waals surface area contributed by atoms with Crippen molar-refractivity contribution in [3.63, 3.8) is 0 Å². The van der Waals surface area contributed by atoms with Gasteiger partial charge in [-0.15, -0.1) is 0 Å². The van der Waals surface area contributed by atoms with Crippen molar-refractivity contribution >= 4 is 17.5 Å². The molecule has 24 heavy (non-hydrogen) atoms. The fraction of sp³-hybridized carbons (Fsp3) is 0.333. The smallest absolute Gasteiger partial charge is 0.287 e. The molecule has 0 radical (unpaired) electrons. The molecule has 6 nitrogen and oxygen atoms in total. The Labute approximate surface area is 141 Å². The van der Waals surface area contributed by atoms with E-state index < -0.39 is 5.91 Å². The second kappa shape index (κ2) is 7.21. The topological polar surface area (TPSA) is 80.6 Å². The Bertz CT molecular complexity index is 715. The zero-order chi connectivity index (χ0) is 17.7. The van der Waals surface area contributed by atoms with Crippen LogP contribution in [0.1, 0.15) is 36.9 Å². The predicted molar refractivity (Wildman–Crippen MR) is 91.4 cm³/mol. The zero-order valence-corrected chi connectivity index (χ0v) is 14.3. The maximum atomic E-state index is 12.1. The summed E-state index contributed by atoms with van der Waals surface area (Å²) in [6.07, 6.45) is 1.40. The normalized spacial score (nSPS) is 11.0. The molecular formula is C18H22N2O4. The molecule has 1 heterocycles. The van der Waals surface area contributed by atoms with Gasteiger partial charge in [0, 0.05) is 0 Å². The lowest BCUT2D eigenvalue weighted by molar-refractivity contribution is -0.115. The number of furan rings is 1. The highest BCUT2D eigenvalue weighted by Crippen LogP contribution is 2.31. The van der Waals surface area contributed by atoms with Crippen LogP contribution in [0.3, 0.4) is 0 Å². The van der Waals surface area contributed by atoms with Gasteiger partial charge in [-0.1, -0.05) is 26.8 Å². The van der Waals surface area contributed by atoms with E-state index in [9.17, 15) is 9.59 Å². The first-order valence-corrected chi connectivity index (χ1v) is 7.61. The van der Waals surface area contributed by atoms with Crippen LogP contribution < -0.4 is 15.4 Å². The van der Waals surface area contributed by atoms with E-state index in [4.69, 9.17) is 9.15 Å². The summed E-state index contributed by atoms with van der Waals surface area (Å²) in [4.78, 5) is 23.9. The van der Waals surface area contributed by atoms with Crippen LogP contribution in [0, 0.1) is 0 Å². The molecule has 0 atom stereocenters. The third-order valence-corrected chi connectivity index (χ3v) is 3.49. The number of methoxy groups -OCH3 is 1. The summed E-state index contributed by atoms with van der Waals surface area (Å²) in [6, 6.07) is 8.80. The summed E-state index contributed by atoms with van der Waals surface area (Å²) in [5.41, 5.74) is 1.58. The van der Waals surface area contributed by atoms with E-state index in [0.29, 0.717) is 11.4 Å². The second-order valence-corrected chi connectivity index (χ2v) is 6.37. The van der Waals surface area contributed by atoms with Crippen molar-refractivity contribution in [3.8, 4) is 5.75 Å². The lowest BCUT2D eigenvalue weighted by Gasteiger charge is -2.21. The molecule has 2 rings (SSSR count). The lowest BCUT2D eigenvalue weighted by atomic mass is 9.87. The Morgan fingerprint density at radius 1 is 1.21 bits per heavy atom.